The van der Waals surface area contributed by atoms with Gasteiger partial charge in [-0.15, -0.1) is 0 Å². The molecule has 0 atom stereocenters. The first kappa shape index (κ1) is 18.0. The maximum atomic E-state index is 11.8. The van der Waals surface area contributed by atoms with Gasteiger partial charge in [0.1, 0.15) is 5.75 Å². The number of H-pyrrole nitrogens is 1. The molecule has 0 saturated heterocycles. The van der Waals surface area contributed by atoms with Crippen LogP contribution in [0.25, 0.3) is 22.2 Å². The lowest BCUT2D eigenvalue weighted by Crippen LogP contribution is -2.01. The minimum atomic E-state index is -0.907. The number of ether oxygens (including phenoxy) is 1. The van der Waals surface area contributed by atoms with E-state index >= 15 is 0 Å². The molecule has 2 aromatic carbocycles. The second-order valence-corrected chi connectivity index (χ2v) is 6.44. The number of carboxylic acids is 1. The Morgan fingerprint density at radius 2 is 1.88 bits per heavy atom. The van der Waals surface area contributed by atoms with Gasteiger partial charge < -0.3 is 20.6 Å². The first-order valence-electron chi connectivity index (χ1n) is 8.78. The average Bonchev–Trinajstić information content (AvgIpc) is 3.02. The van der Waals surface area contributed by atoms with E-state index in [4.69, 9.17) is 10.5 Å². The number of aromatic carboxylic acids is 1. The van der Waals surface area contributed by atoms with Crippen LogP contribution in [0.5, 0.6) is 5.75 Å². The largest absolute Gasteiger partial charge is 0.497 e. The molecule has 136 valence electrons. The Bertz CT molecular complexity index is 927. The van der Waals surface area contributed by atoms with Crippen molar-refractivity contribution < 1.29 is 14.6 Å². The fourth-order valence-electron chi connectivity index (χ4n) is 3.39. The smallest absolute Gasteiger partial charge is 0.336 e. The van der Waals surface area contributed by atoms with Crippen LogP contribution in [0.2, 0.25) is 0 Å². The molecule has 0 bridgehead atoms. The molecule has 0 amide bonds. The van der Waals surface area contributed by atoms with Gasteiger partial charge in [0.25, 0.3) is 0 Å². The number of rotatable bonds is 7. The third-order valence-electron chi connectivity index (χ3n) is 4.76. The summed E-state index contributed by atoms with van der Waals surface area (Å²) < 4.78 is 5.24. The normalized spacial score (nSPS) is 11.0. The van der Waals surface area contributed by atoms with Gasteiger partial charge in [-0.25, -0.2) is 4.79 Å². The van der Waals surface area contributed by atoms with Gasteiger partial charge in [0.05, 0.1) is 12.7 Å². The highest BCUT2D eigenvalue weighted by atomic mass is 16.5. The molecule has 0 spiro atoms. The SMILES string of the molecule is COc1ccc(-c2[nH]c3c(C)ccc(C(=O)O)c3c2CCCCN)cc1. The summed E-state index contributed by atoms with van der Waals surface area (Å²) in [6.07, 6.45) is 2.60. The van der Waals surface area contributed by atoms with E-state index in [1.807, 2.05) is 37.3 Å². The fourth-order valence-corrected chi connectivity index (χ4v) is 3.39. The molecule has 0 fully saturated rings. The molecule has 0 saturated carbocycles. The number of nitrogens with one attached hydrogen (secondary N) is 1. The number of fused-ring (bicyclic) bond motifs is 1. The summed E-state index contributed by atoms with van der Waals surface area (Å²) in [5, 5.41) is 10.5. The topological polar surface area (TPSA) is 88.3 Å². The lowest BCUT2D eigenvalue weighted by molar-refractivity contribution is 0.0699. The molecule has 0 radical (unpaired) electrons. The first-order chi connectivity index (χ1) is 12.6. The third kappa shape index (κ3) is 3.30. The van der Waals surface area contributed by atoms with Crippen LogP contribution in [0, 0.1) is 6.92 Å². The predicted molar refractivity (Wildman–Crippen MR) is 104 cm³/mol. The van der Waals surface area contributed by atoms with Crippen LogP contribution in [0.4, 0.5) is 0 Å². The van der Waals surface area contributed by atoms with Crippen LogP contribution < -0.4 is 10.5 Å². The average molecular weight is 352 g/mol. The first-order valence-corrected chi connectivity index (χ1v) is 8.78. The van der Waals surface area contributed by atoms with E-state index in [2.05, 4.69) is 4.98 Å². The maximum Gasteiger partial charge on any atom is 0.336 e. The van der Waals surface area contributed by atoms with Gasteiger partial charge in [-0.05, 0) is 79.8 Å². The van der Waals surface area contributed by atoms with Crippen LogP contribution in [-0.2, 0) is 6.42 Å². The van der Waals surface area contributed by atoms with Gasteiger partial charge in [-0.2, -0.15) is 0 Å². The van der Waals surface area contributed by atoms with Crippen LogP contribution in [0.1, 0.15) is 34.3 Å². The highest BCUT2D eigenvalue weighted by Crippen LogP contribution is 2.35. The monoisotopic (exact) mass is 352 g/mol. The highest BCUT2D eigenvalue weighted by Gasteiger charge is 2.20. The number of methoxy groups -OCH3 is 1. The van der Waals surface area contributed by atoms with E-state index in [9.17, 15) is 9.90 Å². The van der Waals surface area contributed by atoms with E-state index in [-0.39, 0.29) is 0 Å². The number of unbranched alkanes of at least 4 members (excludes halogenated alkanes) is 1. The van der Waals surface area contributed by atoms with Gasteiger partial charge in [-0.3, -0.25) is 0 Å². The molecule has 5 heteroatoms. The molecular weight excluding hydrogens is 328 g/mol. The van der Waals surface area contributed by atoms with Crippen molar-refractivity contribution >= 4 is 16.9 Å². The van der Waals surface area contributed by atoms with Crippen molar-refractivity contribution in [2.45, 2.75) is 26.2 Å². The zero-order chi connectivity index (χ0) is 18.7. The molecule has 1 heterocycles. The van der Waals surface area contributed by atoms with Gasteiger partial charge in [-0.1, -0.05) is 6.07 Å². The van der Waals surface area contributed by atoms with Crippen molar-refractivity contribution in [1.82, 2.24) is 4.98 Å². The van der Waals surface area contributed by atoms with Crippen LogP contribution in [0.15, 0.2) is 36.4 Å². The number of aromatic amines is 1. The van der Waals surface area contributed by atoms with Crippen LogP contribution in [-0.4, -0.2) is 29.7 Å². The molecule has 1 aromatic heterocycles. The summed E-state index contributed by atoms with van der Waals surface area (Å²) in [5.41, 5.74) is 10.9. The van der Waals surface area contributed by atoms with Crippen molar-refractivity contribution in [3.8, 4) is 17.0 Å². The number of nitrogens with two attached hydrogens (primary N) is 1. The van der Waals surface area contributed by atoms with E-state index in [1.165, 1.54) is 0 Å². The van der Waals surface area contributed by atoms with Gasteiger partial charge in [0.15, 0.2) is 0 Å². The Kier molecular flexibility index (Phi) is 5.28. The Morgan fingerprint density at radius 3 is 2.50 bits per heavy atom. The van der Waals surface area contributed by atoms with Crippen molar-refractivity contribution in [2.24, 2.45) is 5.73 Å². The summed E-state index contributed by atoms with van der Waals surface area (Å²) in [5.74, 6) is -0.118. The molecule has 4 N–H and O–H groups in total. The summed E-state index contributed by atoms with van der Waals surface area (Å²) >= 11 is 0. The Morgan fingerprint density at radius 1 is 1.15 bits per heavy atom. The summed E-state index contributed by atoms with van der Waals surface area (Å²) in [6, 6.07) is 11.4. The molecular formula is C21H24N2O3. The third-order valence-corrected chi connectivity index (χ3v) is 4.76. The fraction of sp³-hybridized carbons (Fsp3) is 0.286. The number of hydrogen-bond acceptors (Lipinski definition) is 3. The van der Waals surface area contributed by atoms with E-state index in [0.29, 0.717) is 12.1 Å². The number of carboxylic acid groups (broad SMARTS) is 1. The van der Waals surface area contributed by atoms with Crippen LogP contribution >= 0.6 is 0 Å². The maximum absolute atomic E-state index is 11.8. The number of carbonyl (C=O) groups is 1. The quantitative estimate of drug-likeness (QED) is 0.558. The molecule has 0 aliphatic rings. The molecule has 5 nitrogen and oxygen atoms in total. The predicted octanol–water partition coefficient (Wildman–Crippen LogP) is 4.13. The lowest BCUT2D eigenvalue weighted by Gasteiger charge is -2.08. The van der Waals surface area contributed by atoms with Crippen molar-refractivity contribution in [3.05, 3.63) is 53.1 Å². The van der Waals surface area contributed by atoms with Gasteiger partial charge in [0.2, 0.25) is 0 Å². The standard InChI is InChI=1S/C21H24N2O3/c1-13-6-11-17(21(24)25)18-16(5-3-4-12-22)20(23-19(13)18)14-7-9-15(26-2)10-8-14/h6-11,23H,3-5,12,22H2,1-2H3,(H,24,25). The summed E-state index contributed by atoms with van der Waals surface area (Å²) in [7, 11) is 1.64. The number of benzene rings is 2. The number of aromatic nitrogens is 1. The van der Waals surface area contributed by atoms with Gasteiger partial charge >= 0.3 is 5.97 Å². The number of aryl methyl sites for hydroxylation is 2. The van der Waals surface area contributed by atoms with Crippen molar-refractivity contribution in [1.29, 1.82) is 0 Å². The zero-order valence-electron chi connectivity index (χ0n) is 15.1. The summed E-state index contributed by atoms with van der Waals surface area (Å²) in [4.78, 5) is 15.3. The molecule has 3 aromatic rings. The Labute approximate surface area is 152 Å². The second kappa shape index (κ2) is 7.62. The molecule has 0 aliphatic carbocycles. The Hall–Kier alpha value is -2.79. The minimum Gasteiger partial charge on any atom is -0.497 e. The Balaban J connectivity index is 2.23. The minimum absolute atomic E-state index is 0.337. The van der Waals surface area contributed by atoms with E-state index in [1.54, 1.807) is 13.2 Å². The van der Waals surface area contributed by atoms with Crippen molar-refractivity contribution in [3.63, 3.8) is 0 Å². The van der Waals surface area contributed by atoms with Crippen LogP contribution in [0.3, 0.4) is 0 Å². The lowest BCUT2D eigenvalue weighted by atomic mass is 9.96. The molecule has 0 aliphatic heterocycles. The second-order valence-electron chi connectivity index (χ2n) is 6.44. The van der Waals surface area contributed by atoms with E-state index < -0.39 is 5.97 Å². The number of hydrogen-bond donors (Lipinski definition) is 3. The summed E-state index contributed by atoms with van der Waals surface area (Å²) in [6.45, 7) is 2.62. The zero-order valence-corrected chi connectivity index (χ0v) is 15.1. The highest BCUT2D eigenvalue weighted by molar-refractivity contribution is 6.07. The molecule has 0 unspecified atom stereocenters. The molecule has 26 heavy (non-hydrogen) atoms. The van der Waals surface area contributed by atoms with E-state index in [0.717, 1.165) is 58.3 Å². The van der Waals surface area contributed by atoms with Gasteiger partial charge in [0, 0.05) is 16.6 Å². The molecule has 3 rings (SSSR count). The van der Waals surface area contributed by atoms with Crippen molar-refractivity contribution in [2.75, 3.05) is 13.7 Å².